The Morgan fingerprint density at radius 3 is 2.56 bits per heavy atom. The second-order valence-corrected chi connectivity index (χ2v) is 13.2. The Kier molecular flexibility index (Phi) is 6.90. The monoisotopic (exact) mass is 544 g/mol. The smallest absolute Gasteiger partial charge is 0.335 e. The van der Waals surface area contributed by atoms with Gasteiger partial charge >= 0.3 is 5.63 Å². The quantitative estimate of drug-likeness (QED) is 0.332. The Balaban J connectivity index is 1.24. The van der Waals surface area contributed by atoms with Crippen LogP contribution in [0.4, 0.5) is 0 Å². The first-order valence-electron chi connectivity index (χ1n) is 14.6. The van der Waals surface area contributed by atoms with E-state index in [9.17, 15) is 20.1 Å². The van der Waals surface area contributed by atoms with Crippen molar-refractivity contribution in [2.24, 2.45) is 28.4 Å². The number of nitrogens with two attached hydrogens (primary N) is 1. The molecule has 0 amide bonds. The predicted molar refractivity (Wildman–Crippen MR) is 143 cm³/mol. The van der Waals surface area contributed by atoms with E-state index in [1.807, 2.05) is 6.07 Å². The molecule has 1 saturated heterocycles. The maximum absolute atomic E-state index is 12.5. The van der Waals surface area contributed by atoms with Gasteiger partial charge in [-0.05, 0) is 86.2 Å². The van der Waals surface area contributed by atoms with E-state index >= 15 is 0 Å². The highest BCUT2D eigenvalue weighted by Gasteiger charge is 2.66. The number of aliphatic hydroxyl groups is 3. The minimum atomic E-state index is -1.16. The molecule has 5 aliphatic rings. The predicted octanol–water partition coefficient (Wildman–Crippen LogP) is 2.44. The Morgan fingerprint density at radius 1 is 1.05 bits per heavy atom. The number of ether oxygens (including phenoxy) is 1. The summed E-state index contributed by atoms with van der Waals surface area (Å²) in [6, 6.07) is 2.66. The van der Waals surface area contributed by atoms with Gasteiger partial charge in [-0.2, -0.15) is 5.06 Å². The summed E-state index contributed by atoms with van der Waals surface area (Å²) in [5.74, 6) is 0.777. The summed E-state index contributed by atoms with van der Waals surface area (Å²) in [6.07, 6.45) is 8.15. The van der Waals surface area contributed by atoms with E-state index in [1.54, 1.807) is 18.4 Å². The fourth-order valence-corrected chi connectivity index (χ4v) is 9.46. The molecule has 0 bridgehead atoms. The third-order valence-corrected chi connectivity index (χ3v) is 11.7. The standard InChI is InChI=1S/C30H44N2O7/c1-28-11-8-19(32(37-3)27-26(35)25(34)23(31)16-39-27)14-18(28)5-6-22-21(28)9-12-29(2)20(10-13-30(22,29)36)17-4-7-24(33)38-15-17/h4,7,14-15,19-23,25-27,34-36H,5-6,8-13,16,31H2,1-3H3/t19?,20-,21?,22?,23+,25-,26?,27-,28+,29-,30+/m1/s1. The third-order valence-electron chi connectivity index (χ3n) is 11.7. The van der Waals surface area contributed by atoms with Crippen LogP contribution >= 0.6 is 0 Å². The molecule has 9 nitrogen and oxygen atoms in total. The van der Waals surface area contributed by atoms with E-state index < -0.39 is 30.1 Å². The maximum atomic E-state index is 12.5. The lowest BCUT2D eigenvalue weighted by Gasteiger charge is -2.62. The normalized spacial score (nSPS) is 47.7. The number of nitrogens with zero attached hydrogens (tertiary/aromatic N) is 1. The molecular weight excluding hydrogens is 500 g/mol. The van der Waals surface area contributed by atoms with Crippen molar-refractivity contribution < 1.29 is 29.3 Å². The zero-order valence-corrected chi connectivity index (χ0v) is 23.3. The van der Waals surface area contributed by atoms with Crippen molar-refractivity contribution >= 4 is 0 Å². The molecule has 216 valence electrons. The van der Waals surface area contributed by atoms with E-state index in [0.29, 0.717) is 5.92 Å². The van der Waals surface area contributed by atoms with Gasteiger partial charge in [-0.1, -0.05) is 25.5 Å². The van der Waals surface area contributed by atoms with E-state index in [4.69, 9.17) is 19.7 Å². The highest BCUT2D eigenvalue weighted by Crippen LogP contribution is 2.70. The second-order valence-electron chi connectivity index (χ2n) is 13.2. The number of hydrogen-bond acceptors (Lipinski definition) is 9. The highest BCUT2D eigenvalue weighted by atomic mass is 16.7. The van der Waals surface area contributed by atoms with Crippen LogP contribution in [0.15, 0.2) is 39.3 Å². The lowest BCUT2D eigenvalue weighted by Crippen LogP contribution is -2.63. The van der Waals surface area contributed by atoms with Crippen LogP contribution in [0.3, 0.4) is 0 Å². The zero-order chi connectivity index (χ0) is 27.7. The molecule has 1 aliphatic heterocycles. The SMILES string of the molecule is CON(C1C=C2CCC3C(CC[C@]4(C)[C@@H](c5ccc(=O)oc5)CC[C@]34O)[C@@]2(C)CC1)[C@@H]1OC[C@H](N)[C@@H](O)C1O. The lowest BCUT2D eigenvalue weighted by molar-refractivity contribution is -0.305. The molecule has 1 aromatic rings. The van der Waals surface area contributed by atoms with Crippen LogP contribution in [0, 0.1) is 22.7 Å². The van der Waals surface area contributed by atoms with Crippen LogP contribution in [0.2, 0.25) is 0 Å². The van der Waals surface area contributed by atoms with Gasteiger partial charge in [0, 0.05) is 11.5 Å². The van der Waals surface area contributed by atoms with Crippen molar-refractivity contribution in [1.82, 2.24) is 5.06 Å². The number of hydroxylamine groups is 2. The van der Waals surface area contributed by atoms with Crippen LogP contribution in [-0.4, -0.2) is 70.2 Å². The minimum absolute atomic E-state index is 0.0125. The summed E-state index contributed by atoms with van der Waals surface area (Å²) in [5, 5.41) is 35.2. The third kappa shape index (κ3) is 4.03. The first kappa shape index (κ1) is 27.6. The highest BCUT2D eigenvalue weighted by molar-refractivity contribution is 5.31. The molecule has 9 heteroatoms. The Labute approximate surface area is 229 Å². The Bertz CT molecular complexity index is 1150. The molecule has 0 spiro atoms. The van der Waals surface area contributed by atoms with E-state index in [2.05, 4.69) is 19.9 Å². The number of fused-ring (bicyclic) bond motifs is 5. The van der Waals surface area contributed by atoms with Gasteiger partial charge in [0.05, 0.1) is 37.7 Å². The van der Waals surface area contributed by atoms with E-state index in [1.165, 1.54) is 11.6 Å². The van der Waals surface area contributed by atoms with Crippen LogP contribution in [0.25, 0.3) is 0 Å². The zero-order valence-electron chi connectivity index (χ0n) is 23.3. The molecule has 11 atom stereocenters. The van der Waals surface area contributed by atoms with E-state index in [0.717, 1.165) is 56.9 Å². The summed E-state index contributed by atoms with van der Waals surface area (Å²) in [7, 11) is 1.58. The van der Waals surface area contributed by atoms with Gasteiger partial charge in [0.2, 0.25) is 0 Å². The maximum Gasteiger partial charge on any atom is 0.335 e. The summed E-state index contributed by atoms with van der Waals surface area (Å²) in [6.45, 7) is 4.78. The van der Waals surface area contributed by atoms with Crippen LogP contribution < -0.4 is 11.4 Å². The van der Waals surface area contributed by atoms with Gasteiger partial charge in [0.15, 0.2) is 6.23 Å². The van der Waals surface area contributed by atoms with Crippen molar-refractivity contribution in [3.05, 3.63) is 46.0 Å². The minimum Gasteiger partial charge on any atom is -0.431 e. The Hall–Kier alpha value is -1.59. The fraction of sp³-hybridized carbons (Fsp3) is 0.767. The number of allylic oxidation sites excluding steroid dienone is 1. The number of aliphatic hydroxyl groups excluding tert-OH is 2. The summed E-state index contributed by atoms with van der Waals surface area (Å²) >= 11 is 0. The number of hydrogen-bond donors (Lipinski definition) is 4. The van der Waals surface area contributed by atoms with Crippen LogP contribution in [-0.2, 0) is 9.57 Å². The molecule has 1 aromatic heterocycles. The molecule has 3 saturated carbocycles. The number of rotatable bonds is 4. The summed E-state index contributed by atoms with van der Waals surface area (Å²) in [4.78, 5) is 17.3. The van der Waals surface area contributed by atoms with Crippen LogP contribution in [0.5, 0.6) is 0 Å². The molecule has 6 rings (SSSR count). The van der Waals surface area contributed by atoms with Crippen molar-refractivity contribution in [2.45, 2.75) is 107 Å². The fourth-order valence-electron chi connectivity index (χ4n) is 9.46. The van der Waals surface area contributed by atoms with Crippen molar-refractivity contribution in [3.63, 3.8) is 0 Å². The average molecular weight is 545 g/mol. The molecule has 4 fully saturated rings. The Morgan fingerprint density at radius 2 is 1.85 bits per heavy atom. The largest absolute Gasteiger partial charge is 0.431 e. The first-order valence-corrected chi connectivity index (χ1v) is 14.6. The topological polar surface area (TPSA) is 139 Å². The van der Waals surface area contributed by atoms with Gasteiger partial charge in [-0.15, -0.1) is 0 Å². The lowest BCUT2D eigenvalue weighted by atomic mass is 9.45. The van der Waals surface area contributed by atoms with Gasteiger partial charge in [-0.3, -0.25) is 4.84 Å². The molecular formula is C30H44N2O7. The van der Waals surface area contributed by atoms with Crippen molar-refractivity contribution in [1.29, 1.82) is 0 Å². The van der Waals surface area contributed by atoms with Gasteiger partial charge in [-0.25, -0.2) is 4.79 Å². The molecule has 0 radical (unpaired) electrons. The van der Waals surface area contributed by atoms with Gasteiger partial charge in [0.25, 0.3) is 0 Å². The van der Waals surface area contributed by atoms with Gasteiger partial charge < -0.3 is 30.2 Å². The van der Waals surface area contributed by atoms with Gasteiger partial charge in [0.1, 0.15) is 12.2 Å². The second kappa shape index (κ2) is 9.76. The van der Waals surface area contributed by atoms with Crippen molar-refractivity contribution in [2.75, 3.05) is 13.7 Å². The molecule has 4 aliphatic carbocycles. The van der Waals surface area contributed by atoms with Crippen LogP contribution in [0.1, 0.15) is 76.7 Å². The molecule has 0 aromatic carbocycles. The molecule has 4 unspecified atom stereocenters. The van der Waals surface area contributed by atoms with Crippen molar-refractivity contribution in [3.8, 4) is 0 Å². The molecule has 5 N–H and O–H groups in total. The molecule has 2 heterocycles. The summed E-state index contributed by atoms with van der Waals surface area (Å²) in [5.41, 5.74) is 6.93. The molecule has 39 heavy (non-hydrogen) atoms. The first-order chi connectivity index (χ1) is 18.5. The van der Waals surface area contributed by atoms with E-state index in [-0.39, 0.29) is 40.9 Å². The average Bonchev–Trinajstić information content (AvgIpc) is 3.20. The summed E-state index contributed by atoms with van der Waals surface area (Å²) < 4.78 is 11.0.